The maximum atomic E-state index is 13.0. The third-order valence-electron chi connectivity index (χ3n) is 6.16. The van der Waals surface area contributed by atoms with Gasteiger partial charge in [-0.05, 0) is 38.0 Å². The highest BCUT2D eigenvalue weighted by molar-refractivity contribution is 6.03. The number of rotatable bonds is 6. The predicted molar refractivity (Wildman–Crippen MR) is 136 cm³/mol. The second kappa shape index (κ2) is 10.8. The highest BCUT2D eigenvalue weighted by Gasteiger charge is 2.26. The molecule has 0 bridgehead atoms. The minimum absolute atomic E-state index is 0.0799. The van der Waals surface area contributed by atoms with Crippen molar-refractivity contribution in [3.05, 3.63) is 53.9 Å². The number of hydrogen-bond acceptors (Lipinski definition) is 6. The fourth-order valence-electron chi connectivity index (χ4n) is 4.06. The number of piperazine rings is 1. The topological polar surface area (TPSA) is 110 Å². The largest absolute Gasteiger partial charge is 0.452 e. The maximum Gasteiger partial charge on any atom is 0.339 e. The Morgan fingerprint density at radius 2 is 1.67 bits per heavy atom. The van der Waals surface area contributed by atoms with Crippen LogP contribution in [0.15, 0.2) is 42.6 Å². The van der Waals surface area contributed by atoms with Crippen molar-refractivity contribution in [3.8, 4) is 0 Å². The van der Waals surface area contributed by atoms with Gasteiger partial charge in [-0.2, -0.15) is 5.10 Å². The number of urea groups is 1. The highest BCUT2D eigenvalue weighted by atomic mass is 16.5. The molecule has 1 aliphatic heterocycles. The fourth-order valence-corrected chi connectivity index (χ4v) is 4.06. The van der Waals surface area contributed by atoms with Gasteiger partial charge in [0.1, 0.15) is 0 Å². The number of carbonyl (C=O) groups is 3. The Morgan fingerprint density at radius 3 is 2.31 bits per heavy atom. The number of hydrogen-bond donors (Lipinski definition) is 1. The second-order valence-corrected chi connectivity index (χ2v) is 9.41. The highest BCUT2D eigenvalue weighted by Crippen LogP contribution is 2.25. The average Bonchev–Trinajstić information content (AvgIpc) is 3.31. The first kappa shape index (κ1) is 25.2. The van der Waals surface area contributed by atoms with Crippen LogP contribution < -0.4 is 5.32 Å². The molecule has 36 heavy (non-hydrogen) atoms. The number of ether oxygens (including phenoxy) is 1. The van der Waals surface area contributed by atoms with Crippen molar-refractivity contribution in [1.29, 1.82) is 0 Å². The molecule has 4 rings (SSSR count). The molecule has 10 nitrogen and oxygen atoms in total. The zero-order valence-electron chi connectivity index (χ0n) is 21.1. The molecule has 190 valence electrons. The van der Waals surface area contributed by atoms with E-state index < -0.39 is 5.97 Å². The van der Waals surface area contributed by atoms with Crippen molar-refractivity contribution in [3.63, 3.8) is 0 Å². The summed E-state index contributed by atoms with van der Waals surface area (Å²) in [6, 6.07) is 10.8. The van der Waals surface area contributed by atoms with E-state index in [9.17, 15) is 14.4 Å². The molecule has 3 aromatic rings. The molecule has 10 heteroatoms. The smallest absolute Gasteiger partial charge is 0.339 e. The molecule has 1 saturated heterocycles. The van der Waals surface area contributed by atoms with Gasteiger partial charge in [0.2, 0.25) is 0 Å². The standard InChI is InChI=1S/C26H32N6O4/c1-17(2)22-14-20(21-15-27-32(18(3)4)24(21)29-22)25(34)36-16-23(33)30-10-12-31(13-11-30)26(35)28-19-8-6-5-7-9-19/h5-9,14-15,17-18H,10-13,16H2,1-4H3,(H,28,35). The van der Waals surface area contributed by atoms with Gasteiger partial charge in [-0.3, -0.25) is 4.79 Å². The molecule has 0 atom stereocenters. The minimum atomic E-state index is -0.582. The first-order valence-corrected chi connectivity index (χ1v) is 12.2. The fraction of sp³-hybridized carbons (Fsp3) is 0.423. The summed E-state index contributed by atoms with van der Waals surface area (Å²) in [6.07, 6.45) is 1.62. The Morgan fingerprint density at radius 1 is 1.00 bits per heavy atom. The van der Waals surface area contributed by atoms with Gasteiger partial charge in [-0.15, -0.1) is 0 Å². The number of benzene rings is 1. The summed E-state index contributed by atoms with van der Waals surface area (Å²) in [7, 11) is 0. The van der Waals surface area contributed by atoms with Gasteiger partial charge in [0.25, 0.3) is 5.91 Å². The van der Waals surface area contributed by atoms with Crippen LogP contribution in [-0.2, 0) is 9.53 Å². The molecule has 1 aliphatic rings. The van der Waals surface area contributed by atoms with Crippen LogP contribution in [-0.4, -0.2) is 75.3 Å². The molecule has 0 aliphatic carbocycles. The van der Waals surface area contributed by atoms with Gasteiger partial charge in [0.15, 0.2) is 12.3 Å². The van der Waals surface area contributed by atoms with Gasteiger partial charge in [-0.1, -0.05) is 32.0 Å². The SMILES string of the molecule is CC(C)c1cc(C(=O)OCC(=O)N2CCN(C(=O)Nc3ccccc3)CC2)c2cnn(C(C)C)c2n1. The molecule has 3 heterocycles. The lowest BCUT2D eigenvalue weighted by Crippen LogP contribution is -2.52. The van der Waals surface area contributed by atoms with Crippen LogP contribution in [0.5, 0.6) is 0 Å². The summed E-state index contributed by atoms with van der Waals surface area (Å²) in [6.45, 7) is 9.17. The molecular weight excluding hydrogens is 460 g/mol. The summed E-state index contributed by atoms with van der Waals surface area (Å²) in [5.74, 6) is -0.769. The number of para-hydroxylation sites is 1. The number of anilines is 1. The Balaban J connectivity index is 1.35. The van der Waals surface area contributed by atoms with Crippen LogP contribution in [0.3, 0.4) is 0 Å². The van der Waals surface area contributed by atoms with Gasteiger partial charge >= 0.3 is 12.0 Å². The average molecular weight is 493 g/mol. The Bertz CT molecular complexity index is 1250. The molecule has 0 radical (unpaired) electrons. The van der Waals surface area contributed by atoms with Gasteiger partial charge < -0.3 is 19.9 Å². The van der Waals surface area contributed by atoms with Crippen LogP contribution in [0.25, 0.3) is 11.0 Å². The van der Waals surface area contributed by atoms with Crippen molar-refractivity contribution in [2.24, 2.45) is 0 Å². The van der Waals surface area contributed by atoms with Crippen LogP contribution in [0.4, 0.5) is 10.5 Å². The number of nitrogens with one attached hydrogen (secondary N) is 1. The molecule has 1 fully saturated rings. The van der Waals surface area contributed by atoms with E-state index in [0.717, 1.165) is 11.4 Å². The van der Waals surface area contributed by atoms with Crippen LogP contribution in [0.1, 0.15) is 55.7 Å². The first-order chi connectivity index (χ1) is 17.2. The maximum absolute atomic E-state index is 13.0. The zero-order chi connectivity index (χ0) is 25.8. The molecule has 2 aromatic heterocycles. The van der Waals surface area contributed by atoms with Gasteiger partial charge in [0.05, 0.1) is 17.1 Å². The van der Waals surface area contributed by atoms with E-state index in [4.69, 9.17) is 9.72 Å². The van der Waals surface area contributed by atoms with E-state index in [1.54, 1.807) is 26.7 Å². The third kappa shape index (κ3) is 5.48. The minimum Gasteiger partial charge on any atom is -0.452 e. The Hall–Kier alpha value is -3.95. The molecular formula is C26H32N6O4. The van der Waals surface area contributed by atoms with Gasteiger partial charge in [-0.25, -0.2) is 19.3 Å². The lowest BCUT2D eigenvalue weighted by molar-refractivity contribution is -0.135. The first-order valence-electron chi connectivity index (χ1n) is 12.2. The van der Waals surface area contributed by atoms with Crippen molar-refractivity contribution in [1.82, 2.24) is 24.6 Å². The molecule has 1 aromatic carbocycles. The number of pyridine rings is 1. The molecule has 3 amide bonds. The summed E-state index contributed by atoms with van der Waals surface area (Å²) >= 11 is 0. The molecule has 0 unspecified atom stereocenters. The number of carbonyl (C=O) groups excluding carboxylic acids is 3. The Labute approximate surface area is 210 Å². The van der Waals surface area contributed by atoms with Gasteiger partial charge in [0, 0.05) is 43.6 Å². The summed E-state index contributed by atoms with van der Waals surface area (Å²) in [4.78, 5) is 46.2. The lowest BCUT2D eigenvalue weighted by Gasteiger charge is -2.34. The quantitative estimate of drug-likeness (QED) is 0.526. The summed E-state index contributed by atoms with van der Waals surface area (Å²) < 4.78 is 7.20. The van der Waals surface area contributed by atoms with E-state index in [1.165, 1.54) is 0 Å². The summed E-state index contributed by atoms with van der Waals surface area (Å²) in [5, 5.41) is 7.84. The molecule has 1 N–H and O–H groups in total. The number of fused-ring (bicyclic) bond motifs is 1. The molecule has 0 saturated carbocycles. The second-order valence-electron chi connectivity index (χ2n) is 9.41. The van der Waals surface area contributed by atoms with Crippen molar-refractivity contribution < 1.29 is 19.1 Å². The predicted octanol–water partition coefficient (Wildman–Crippen LogP) is 3.67. The van der Waals surface area contributed by atoms with E-state index >= 15 is 0 Å². The Kier molecular flexibility index (Phi) is 7.52. The van der Waals surface area contributed by atoms with E-state index in [-0.39, 0.29) is 30.5 Å². The third-order valence-corrected chi connectivity index (χ3v) is 6.16. The number of esters is 1. The number of aromatic nitrogens is 3. The number of nitrogens with zero attached hydrogens (tertiary/aromatic N) is 5. The van der Waals surface area contributed by atoms with Crippen molar-refractivity contribution >= 4 is 34.6 Å². The van der Waals surface area contributed by atoms with E-state index in [0.29, 0.717) is 42.8 Å². The summed E-state index contributed by atoms with van der Waals surface area (Å²) in [5.41, 5.74) is 2.45. The van der Waals surface area contributed by atoms with Crippen LogP contribution in [0, 0.1) is 0 Å². The van der Waals surface area contributed by atoms with E-state index in [1.807, 2.05) is 58.0 Å². The van der Waals surface area contributed by atoms with Crippen LogP contribution in [0.2, 0.25) is 0 Å². The van der Waals surface area contributed by atoms with Crippen molar-refractivity contribution in [2.75, 3.05) is 38.1 Å². The van der Waals surface area contributed by atoms with E-state index in [2.05, 4.69) is 10.4 Å². The lowest BCUT2D eigenvalue weighted by atomic mass is 10.1. The van der Waals surface area contributed by atoms with Crippen molar-refractivity contribution in [2.45, 2.75) is 39.7 Å². The monoisotopic (exact) mass is 492 g/mol. The normalized spacial score (nSPS) is 13.9. The number of amides is 3. The van der Waals surface area contributed by atoms with Crippen LogP contribution >= 0.6 is 0 Å². The molecule has 0 spiro atoms. The zero-order valence-corrected chi connectivity index (χ0v) is 21.1.